The zero-order chi connectivity index (χ0) is 13.9. The van der Waals surface area contributed by atoms with E-state index >= 15 is 0 Å². The highest BCUT2D eigenvalue weighted by Gasteiger charge is 2.29. The molecule has 0 unspecified atom stereocenters. The highest BCUT2D eigenvalue weighted by atomic mass is 16.5. The average molecular weight is 264 g/mol. The van der Waals surface area contributed by atoms with Crippen LogP contribution in [-0.4, -0.2) is 40.7 Å². The van der Waals surface area contributed by atoms with Crippen molar-refractivity contribution in [2.24, 2.45) is 0 Å². The number of pyridine rings is 1. The Bertz CT molecular complexity index is 495. The van der Waals surface area contributed by atoms with Crippen LogP contribution in [0.5, 0.6) is 0 Å². The van der Waals surface area contributed by atoms with E-state index in [4.69, 9.17) is 9.84 Å². The highest BCUT2D eigenvalue weighted by molar-refractivity contribution is 5.96. The van der Waals surface area contributed by atoms with Gasteiger partial charge in [0.15, 0.2) is 0 Å². The molecule has 1 aliphatic heterocycles. The van der Waals surface area contributed by atoms with Crippen LogP contribution in [0.3, 0.4) is 0 Å². The van der Waals surface area contributed by atoms with Crippen LogP contribution in [0.15, 0.2) is 18.3 Å². The predicted octanol–water partition coefficient (Wildman–Crippen LogP) is 1.08. The Morgan fingerprint density at radius 2 is 2.11 bits per heavy atom. The standard InChI is InChI=1S/C13H16N2O4/c1-13(3-6-19-7-4-13)15-11(16)10-8-9(12(17)18)2-5-14-10/h2,5,8H,3-4,6-7H2,1H3,(H,15,16)(H,17,18). The van der Waals surface area contributed by atoms with Crippen LogP contribution in [0, 0.1) is 0 Å². The van der Waals surface area contributed by atoms with Gasteiger partial charge in [-0.25, -0.2) is 4.79 Å². The number of aromatic carboxylic acids is 1. The minimum atomic E-state index is -1.08. The Morgan fingerprint density at radius 3 is 2.74 bits per heavy atom. The Morgan fingerprint density at radius 1 is 1.42 bits per heavy atom. The summed E-state index contributed by atoms with van der Waals surface area (Å²) in [6.07, 6.45) is 2.79. The second-order valence-electron chi connectivity index (χ2n) is 4.86. The number of carboxylic acid groups (broad SMARTS) is 1. The molecule has 0 aromatic carbocycles. The lowest BCUT2D eigenvalue weighted by atomic mass is 9.92. The first-order valence-electron chi connectivity index (χ1n) is 6.10. The Kier molecular flexibility index (Phi) is 3.80. The van der Waals surface area contributed by atoms with E-state index in [9.17, 15) is 9.59 Å². The number of aromatic nitrogens is 1. The number of carbonyl (C=O) groups is 2. The molecule has 0 aliphatic carbocycles. The number of amides is 1. The van der Waals surface area contributed by atoms with Gasteiger partial charge >= 0.3 is 5.97 Å². The SMILES string of the molecule is CC1(NC(=O)c2cc(C(=O)O)ccn2)CCOCC1. The van der Waals surface area contributed by atoms with Crippen molar-refractivity contribution < 1.29 is 19.4 Å². The quantitative estimate of drug-likeness (QED) is 0.852. The van der Waals surface area contributed by atoms with E-state index < -0.39 is 5.97 Å². The summed E-state index contributed by atoms with van der Waals surface area (Å²) in [5.74, 6) is -1.43. The molecule has 1 aromatic rings. The number of nitrogens with one attached hydrogen (secondary N) is 1. The summed E-state index contributed by atoms with van der Waals surface area (Å²) in [5, 5.41) is 11.8. The van der Waals surface area contributed by atoms with Gasteiger partial charge in [0, 0.05) is 24.9 Å². The third-order valence-electron chi connectivity index (χ3n) is 3.25. The van der Waals surface area contributed by atoms with Gasteiger partial charge in [0.05, 0.1) is 5.56 Å². The molecule has 2 heterocycles. The molecular formula is C13H16N2O4. The molecule has 0 saturated carbocycles. The van der Waals surface area contributed by atoms with E-state index in [1.54, 1.807) is 0 Å². The highest BCUT2D eigenvalue weighted by Crippen LogP contribution is 2.20. The second-order valence-corrected chi connectivity index (χ2v) is 4.86. The van der Waals surface area contributed by atoms with Gasteiger partial charge < -0.3 is 15.2 Å². The lowest BCUT2D eigenvalue weighted by Gasteiger charge is -2.34. The smallest absolute Gasteiger partial charge is 0.335 e. The first-order chi connectivity index (χ1) is 9.00. The van der Waals surface area contributed by atoms with Crippen molar-refractivity contribution in [3.63, 3.8) is 0 Å². The lowest BCUT2D eigenvalue weighted by Crippen LogP contribution is -2.49. The molecule has 1 aliphatic rings. The Hall–Kier alpha value is -1.95. The van der Waals surface area contributed by atoms with Gasteiger partial charge in [-0.2, -0.15) is 0 Å². The summed E-state index contributed by atoms with van der Waals surface area (Å²) < 4.78 is 5.26. The Balaban J connectivity index is 2.11. The molecule has 1 saturated heterocycles. The predicted molar refractivity (Wildman–Crippen MR) is 67.1 cm³/mol. The molecule has 1 fully saturated rings. The van der Waals surface area contributed by atoms with Crippen LogP contribution in [-0.2, 0) is 4.74 Å². The summed E-state index contributed by atoms with van der Waals surface area (Å²) in [6, 6.07) is 2.63. The molecule has 0 radical (unpaired) electrons. The summed E-state index contributed by atoms with van der Waals surface area (Å²) in [7, 11) is 0. The van der Waals surface area contributed by atoms with Crippen molar-refractivity contribution in [3.8, 4) is 0 Å². The van der Waals surface area contributed by atoms with Crippen molar-refractivity contribution in [2.45, 2.75) is 25.3 Å². The van der Waals surface area contributed by atoms with Crippen LogP contribution in [0.25, 0.3) is 0 Å². The third-order valence-corrected chi connectivity index (χ3v) is 3.25. The number of hydrogen-bond donors (Lipinski definition) is 2. The van der Waals surface area contributed by atoms with Crippen LogP contribution in [0.1, 0.15) is 40.6 Å². The van der Waals surface area contributed by atoms with Gasteiger partial charge in [-0.3, -0.25) is 9.78 Å². The first-order valence-corrected chi connectivity index (χ1v) is 6.10. The fraction of sp³-hybridized carbons (Fsp3) is 0.462. The molecule has 6 nitrogen and oxygen atoms in total. The first kappa shape index (κ1) is 13.5. The van der Waals surface area contributed by atoms with Crippen molar-refractivity contribution in [3.05, 3.63) is 29.6 Å². The fourth-order valence-electron chi connectivity index (χ4n) is 1.97. The summed E-state index contributed by atoms with van der Waals surface area (Å²) in [5.41, 5.74) is -0.152. The van der Waals surface area contributed by atoms with E-state index in [1.807, 2.05) is 6.92 Å². The molecule has 1 amide bonds. The topological polar surface area (TPSA) is 88.5 Å². The van der Waals surface area contributed by atoms with E-state index in [0.29, 0.717) is 13.2 Å². The molecule has 1 aromatic heterocycles. The normalized spacial score (nSPS) is 17.7. The average Bonchev–Trinajstić information content (AvgIpc) is 2.39. The van der Waals surface area contributed by atoms with Crippen LogP contribution in [0.2, 0.25) is 0 Å². The van der Waals surface area contributed by atoms with E-state index in [0.717, 1.165) is 12.8 Å². The maximum absolute atomic E-state index is 12.1. The van der Waals surface area contributed by atoms with Crippen molar-refractivity contribution in [1.29, 1.82) is 0 Å². The van der Waals surface area contributed by atoms with Gasteiger partial charge in [-0.1, -0.05) is 0 Å². The fourth-order valence-corrected chi connectivity index (χ4v) is 1.97. The monoisotopic (exact) mass is 264 g/mol. The van der Waals surface area contributed by atoms with Crippen LogP contribution >= 0.6 is 0 Å². The molecule has 0 atom stereocenters. The second kappa shape index (κ2) is 5.36. The molecule has 19 heavy (non-hydrogen) atoms. The third kappa shape index (κ3) is 3.29. The van der Waals surface area contributed by atoms with E-state index in [2.05, 4.69) is 10.3 Å². The number of nitrogens with zero attached hydrogens (tertiary/aromatic N) is 1. The molecule has 0 spiro atoms. The molecule has 2 N–H and O–H groups in total. The van der Waals surface area contributed by atoms with Gasteiger partial charge in [0.2, 0.25) is 0 Å². The van der Waals surface area contributed by atoms with Crippen molar-refractivity contribution in [1.82, 2.24) is 10.3 Å². The maximum atomic E-state index is 12.1. The summed E-state index contributed by atoms with van der Waals surface area (Å²) in [6.45, 7) is 3.17. The van der Waals surface area contributed by atoms with Crippen LogP contribution in [0.4, 0.5) is 0 Å². The number of ether oxygens (including phenoxy) is 1. The molecule has 2 rings (SSSR count). The minimum Gasteiger partial charge on any atom is -0.478 e. The molecule has 6 heteroatoms. The van der Waals surface area contributed by atoms with E-state index in [-0.39, 0.29) is 22.7 Å². The van der Waals surface area contributed by atoms with Gasteiger partial charge in [0.25, 0.3) is 5.91 Å². The van der Waals surface area contributed by atoms with Crippen LogP contribution < -0.4 is 5.32 Å². The zero-order valence-electron chi connectivity index (χ0n) is 10.7. The minimum absolute atomic E-state index is 0.0530. The summed E-state index contributed by atoms with van der Waals surface area (Å²) in [4.78, 5) is 26.9. The van der Waals surface area contributed by atoms with Gasteiger partial charge in [0.1, 0.15) is 5.69 Å². The van der Waals surface area contributed by atoms with Gasteiger partial charge in [-0.15, -0.1) is 0 Å². The number of hydrogen-bond acceptors (Lipinski definition) is 4. The summed E-state index contributed by atoms with van der Waals surface area (Å²) >= 11 is 0. The number of rotatable bonds is 3. The van der Waals surface area contributed by atoms with Gasteiger partial charge in [-0.05, 0) is 31.9 Å². The maximum Gasteiger partial charge on any atom is 0.335 e. The van der Waals surface area contributed by atoms with E-state index in [1.165, 1.54) is 18.3 Å². The largest absolute Gasteiger partial charge is 0.478 e. The number of carboxylic acids is 1. The molecular weight excluding hydrogens is 248 g/mol. The lowest BCUT2D eigenvalue weighted by molar-refractivity contribution is 0.0421. The Labute approximate surface area is 110 Å². The number of carbonyl (C=O) groups excluding carboxylic acids is 1. The zero-order valence-corrected chi connectivity index (χ0v) is 10.7. The van der Waals surface area contributed by atoms with Crippen molar-refractivity contribution >= 4 is 11.9 Å². The molecule has 0 bridgehead atoms. The molecule has 102 valence electrons. The van der Waals surface area contributed by atoms with Crippen molar-refractivity contribution in [2.75, 3.05) is 13.2 Å².